The van der Waals surface area contributed by atoms with Crippen LogP contribution in [0.5, 0.6) is 0 Å². The number of esters is 1. The highest BCUT2D eigenvalue weighted by atomic mass is 79.9. The molecule has 0 aliphatic carbocycles. The Hall–Kier alpha value is -0.990. The number of sulfonamides is 1. The van der Waals surface area contributed by atoms with Gasteiger partial charge in [-0.15, -0.1) is 0 Å². The Bertz CT molecular complexity index is 577. The van der Waals surface area contributed by atoms with E-state index >= 15 is 0 Å². The molecule has 0 aliphatic heterocycles. The van der Waals surface area contributed by atoms with E-state index in [9.17, 15) is 17.6 Å². The maximum absolute atomic E-state index is 13.5. The molecule has 0 bridgehead atoms. The first-order valence-electron chi connectivity index (χ1n) is 5.97. The molecule has 1 N–H and O–H groups in total. The summed E-state index contributed by atoms with van der Waals surface area (Å²) in [7, 11) is -3.93. The van der Waals surface area contributed by atoms with Crippen LogP contribution in [0.2, 0.25) is 0 Å². The summed E-state index contributed by atoms with van der Waals surface area (Å²) in [6.07, 6.45) is 0.394. The molecular formula is C12H15BrFNO4S. The second-order valence-corrected chi connectivity index (χ2v) is 6.53. The van der Waals surface area contributed by atoms with Gasteiger partial charge in [-0.25, -0.2) is 17.5 Å². The highest BCUT2D eigenvalue weighted by Crippen LogP contribution is 2.19. The lowest BCUT2D eigenvalue weighted by molar-refractivity contribution is -0.143. The summed E-state index contributed by atoms with van der Waals surface area (Å²) in [5, 5.41) is 0. The highest BCUT2D eigenvalue weighted by Gasteiger charge is 2.18. The number of nitrogens with one attached hydrogen (secondary N) is 1. The van der Waals surface area contributed by atoms with Crippen molar-refractivity contribution in [2.75, 3.05) is 13.2 Å². The highest BCUT2D eigenvalue weighted by molar-refractivity contribution is 9.10. The number of hydrogen-bond acceptors (Lipinski definition) is 4. The molecule has 1 aromatic rings. The average molecular weight is 368 g/mol. The Morgan fingerprint density at radius 1 is 1.45 bits per heavy atom. The van der Waals surface area contributed by atoms with Crippen molar-refractivity contribution in [2.45, 2.75) is 24.7 Å². The van der Waals surface area contributed by atoms with Crippen LogP contribution in [0.25, 0.3) is 0 Å². The first-order valence-corrected chi connectivity index (χ1v) is 8.24. The number of halogens is 2. The monoisotopic (exact) mass is 367 g/mol. The maximum atomic E-state index is 13.5. The van der Waals surface area contributed by atoms with Crippen molar-refractivity contribution in [1.82, 2.24) is 4.72 Å². The minimum Gasteiger partial charge on any atom is -0.466 e. The molecule has 0 amide bonds. The van der Waals surface area contributed by atoms with Crippen molar-refractivity contribution in [3.05, 3.63) is 28.5 Å². The molecule has 0 unspecified atom stereocenters. The lowest BCUT2D eigenvalue weighted by Crippen LogP contribution is -2.26. The molecule has 0 radical (unpaired) electrons. The van der Waals surface area contributed by atoms with E-state index in [1.165, 1.54) is 12.1 Å². The summed E-state index contributed by atoms with van der Waals surface area (Å²) >= 11 is 3.09. The molecule has 1 aromatic carbocycles. The van der Waals surface area contributed by atoms with Crippen molar-refractivity contribution in [3.8, 4) is 0 Å². The third-order valence-corrected chi connectivity index (χ3v) is 4.31. The van der Waals surface area contributed by atoms with Crippen molar-refractivity contribution in [3.63, 3.8) is 0 Å². The number of carbonyl (C=O) groups excluding carboxylic acids is 1. The average Bonchev–Trinajstić information content (AvgIpc) is 2.38. The van der Waals surface area contributed by atoms with Crippen LogP contribution in [-0.2, 0) is 19.6 Å². The van der Waals surface area contributed by atoms with Crippen LogP contribution in [0, 0.1) is 5.82 Å². The summed E-state index contributed by atoms with van der Waals surface area (Å²) in [6, 6.07) is 3.66. The second-order valence-electron chi connectivity index (χ2n) is 3.88. The Balaban J connectivity index is 2.58. The van der Waals surface area contributed by atoms with Crippen LogP contribution in [0.4, 0.5) is 4.39 Å². The molecule has 20 heavy (non-hydrogen) atoms. The minimum absolute atomic E-state index is 0.0348. The van der Waals surface area contributed by atoms with Gasteiger partial charge in [0.2, 0.25) is 10.0 Å². The van der Waals surface area contributed by atoms with Crippen LogP contribution >= 0.6 is 15.9 Å². The first-order chi connectivity index (χ1) is 9.36. The van der Waals surface area contributed by atoms with Crippen LogP contribution in [0.1, 0.15) is 19.8 Å². The Kier molecular flexibility index (Phi) is 6.57. The van der Waals surface area contributed by atoms with Gasteiger partial charge >= 0.3 is 5.97 Å². The predicted octanol–water partition coefficient (Wildman–Crippen LogP) is 2.21. The second kappa shape index (κ2) is 7.70. The number of benzene rings is 1. The van der Waals surface area contributed by atoms with E-state index in [1.54, 1.807) is 6.92 Å². The largest absolute Gasteiger partial charge is 0.466 e. The van der Waals surface area contributed by atoms with E-state index in [0.717, 1.165) is 6.07 Å². The molecule has 0 spiro atoms. The van der Waals surface area contributed by atoms with Gasteiger partial charge in [0.15, 0.2) is 0 Å². The van der Waals surface area contributed by atoms with E-state index in [1.807, 2.05) is 0 Å². The predicted molar refractivity (Wildman–Crippen MR) is 75.2 cm³/mol. The van der Waals surface area contributed by atoms with Gasteiger partial charge in [-0.1, -0.05) is 15.9 Å². The first kappa shape index (κ1) is 17.1. The van der Waals surface area contributed by atoms with Gasteiger partial charge in [-0.05, 0) is 31.5 Å². The van der Waals surface area contributed by atoms with Crippen molar-refractivity contribution >= 4 is 31.9 Å². The summed E-state index contributed by atoms with van der Waals surface area (Å²) in [4.78, 5) is 10.6. The van der Waals surface area contributed by atoms with Crippen LogP contribution in [-0.4, -0.2) is 27.5 Å². The minimum atomic E-state index is -3.93. The van der Waals surface area contributed by atoms with Gasteiger partial charge in [0.25, 0.3) is 0 Å². The number of ether oxygens (including phenoxy) is 1. The van der Waals surface area contributed by atoms with Gasteiger partial charge in [-0.2, -0.15) is 0 Å². The van der Waals surface area contributed by atoms with Crippen molar-refractivity contribution < 1.29 is 22.3 Å². The Morgan fingerprint density at radius 3 is 2.80 bits per heavy atom. The fraction of sp³-hybridized carbons (Fsp3) is 0.417. The summed E-state index contributed by atoms with van der Waals surface area (Å²) in [5.74, 6) is -1.22. The standard InChI is InChI=1S/C12H15BrFNO4S/c1-2-19-12(16)4-3-7-15-20(17,18)11-8-9(13)5-6-10(11)14/h5-6,8,15H,2-4,7H2,1H3. The molecule has 8 heteroatoms. The van der Waals surface area contributed by atoms with Crippen LogP contribution in [0.3, 0.4) is 0 Å². The van der Waals surface area contributed by atoms with E-state index in [-0.39, 0.29) is 32.0 Å². The fourth-order valence-electron chi connectivity index (χ4n) is 1.43. The van der Waals surface area contributed by atoms with Gasteiger partial charge in [-0.3, -0.25) is 4.79 Å². The molecule has 0 saturated carbocycles. The SMILES string of the molecule is CCOC(=O)CCCNS(=O)(=O)c1cc(Br)ccc1F. The zero-order valence-corrected chi connectivity index (χ0v) is 13.3. The zero-order valence-electron chi connectivity index (χ0n) is 10.9. The van der Waals surface area contributed by atoms with Crippen LogP contribution < -0.4 is 4.72 Å². The van der Waals surface area contributed by atoms with E-state index in [2.05, 4.69) is 20.7 Å². The lowest BCUT2D eigenvalue weighted by atomic mass is 10.3. The smallest absolute Gasteiger partial charge is 0.305 e. The quantitative estimate of drug-likeness (QED) is 0.592. The van der Waals surface area contributed by atoms with Gasteiger partial charge in [0.1, 0.15) is 10.7 Å². The van der Waals surface area contributed by atoms with E-state index < -0.39 is 20.7 Å². The molecular weight excluding hydrogens is 353 g/mol. The molecule has 1 rings (SSSR count). The summed E-state index contributed by atoms with van der Waals surface area (Å²) in [5.41, 5.74) is 0. The number of hydrogen-bond donors (Lipinski definition) is 1. The van der Waals surface area contributed by atoms with Gasteiger partial charge in [0, 0.05) is 17.4 Å². The maximum Gasteiger partial charge on any atom is 0.305 e. The fourth-order valence-corrected chi connectivity index (χ4v) is 3.12. The number of carbonyl (C=O) groups is 1. The van der Waals surface area contributed by atoms with E-state index in [0.29, 0.717) is 4.47 Å². The number of rotatable bonds is 7. The zero-order chi connectivity index (χ0) is 15.2. The van der Waals surface area contributed by atoms with Crippen molar-refractivity contribution in [1.29, 1.82) is 0 Å². The summed E-state index contributed by atoms with van der Waals surface area (Å²) < 4.78 is 44.7. The molecule has 0 aliphatic rings. The lowest BCUT2D eigenvalue weighted by Gasteiger charge is -2.08. The molecule has 0 saturated heterocycles. The van der Waals surface area contributed by atoms with Gasteiger partial charge < -0.3 is 4.74 Å². The summed E-state index contributed by atoms with van der Waals surface area (Å²) in [6.45, 7) is 2.01. The third kappa shape index (κ3) is 5.18. The molecule has 0 atom stereocenters. The van der Waals surface area contributed by atoms with E-state index in [4.69, 9.17) is 4.74 Å². The normalized spacial score (nSPS) is 11.3. The Morgan fingerprint density at radius 2 is 2.15 bits per heavy atom. The van der Waals surface area contributed by atoms with Crippen molar-refractivity contribution in [2.24, 2.45) is 0 Å². The molecule has 0 aromatic heterocycles. The third-order valence-electron chi connectivity index (χ3n) is 2.34. The molecule has 0 heterocycles. The topological polar surface area (TPSA) is 72.5 Å². The molecule has 0 fully saturated rings. The molecule has 5 nitrogen and oxygen atoms in total. The van der Waals surface area contributed by atoms with Gasteiger partial charge in [0.05, 0.1) is 6.61 Å². The van der Waals surface area contributed by atoms with Crippen LogP contribution in [0.15, 0.2) is 27.6 Å². The Labute approximate surface area is 125 Å². The molecule has 112 valence electrons.